The predicted molar refractivity (Wildman–Crippen MR) is 60.4 cm³/mol. The zero-order valence-electron chi connectivity index (χ0n) is 9.83. The number of nitrogens with zero attached hydrogens (tertiary/aromatic N) is 3. The number of nitriles is 1. The van der Waals surface area contributed by atoms with Gasteiger partial charge in [0.2, 0.25) is 0 Å². The summed E-state index contributed by atoms with van der Waals surface area (Å²) in [6.07, 6.45) is 1.31. The number of aliphatic hydroxyl groups excluding tert-OH is 1. The fourth-order valence-electron chi connectivity index (χ4n) is 1.46. The van der Waals surface area contributed by atoms with Crippen LogP contribution in [0.4, 0.5) is 0 Å². The quantitative estimate of drug-likeness (QED) is 0.779. The third-order valence-corrected chi connectivity index (χ3v) is 2.48. The summed E-state index contributed by atoms with van der Waals surface area (Å²) in [5.74, 6) is 0. The van der Waals surface area contributed by atoms with E-state index >= 15 is 0 Å². The number of rotatable bonds is 5. The van der Waals surface area contributed by atoms with Gasteiger partial charge in [0.1, 0.15) is 6.04 Å². The summed E-state index contributed by atoms with van der Waals surface area (Å²) in [4.78, 5) is 15.4. The highest BCUT2D eigenvalue weighted by atomic mass is 16.5. The Kier molecular flexibility index (Phi) is 4.82. The van der Waals surface area contributed by atoms with Crippen molar-refractivity contribution in [2.45, 2.75) is 25.5 Å². The van der Waals surface area contributed by atoms with Crippen molar-refractivity contribution in [2.75, 3.05) is 13.7 Å². The second-order valence-corrected chi connectivity index (χ2v) is 3.68. The Morgan fingerprint density at radius 3 is 2.88 bits per heavy atom. The van der Waals surface area contributed by atoms with E-state index in [4.69, 9.17) is 15.1 Å². The number of aryl methyl sites for hydroxylation is 1. The molecule has 0 aliphatic rings. The van der Waals surface area contributed by atoms with E-state index in [1.54, 1.807) is 13.0 Å². The molecule has 0 aromatic carbocycles. The van der Waals surface area contributed by atoms with Gasteiger partial charge in [-0.2, -0.15) is 10.2 Å². The molecule has 0 aliphatic carbocycles. The van der Waals surface area contributed by atoms with Crippen LogP contribution in [-0.2, 0) is 4.74 Å². The average molecular weight is 237 g/mol. The van der Waals surface area contributed by atoms with Crippen LogP contribution in [0.15, 0.2) is 17.1 Å². The Bertz CT molecular complexity index is 460. The SMILES string of the molecule is COC(CO)C[C@H](C#N)n1ccc(C)nc1=O. The Morgan fingerprint density at radius 2 is 2.41 bits per heavy atom. The van der Waals surface area contributed by atoms with Gasteiger partial charge < -0.3 is 9.84 Å². The Morgan fingerprint density at radius 1 is 1.71 bits per heavy atom. The van der Waals surface area contributed by atoms with Crippen LogP contribution in [0.2, 0.25) is 0 Å². The molecule has 92 valence electrons. The molecule has 0 saturated heterocycles. The maximum absolute atomic E-state index is 11.6. The van der Waals surface area contributed by atoms with Gasteiger partial charge in [-0.25, -0.2) is 4.79 Å². The minimum absolute atomic E-state index is 0.192. The number of aliphatic hydroxyl groups is 1. The predicted octanol–water partition coefficient (Wildman–Crippen LogP) is 0.0138. The lowest BCUT2D eigenvalue weighted by Crippen LogP contribution is -2.30. The van der Waals surface area contributed by atoms with Crippen molar-refractivity contribution in [3.05, 3.63) is 28.4 Å². The van der Waals surface area contributed by atoms with Gasteiger partial charge in [0.25, 0.3) is 0 Å². The summed E-state index contributed by atoms with van der Waals surface area (Å²) in [7, 11) is 1.45. The highest BCUT2D eigenvalue weighted by Crippen LogP contribution is 2.12. The maximum Gasteiger partial charge on any atom is 0.348 e. The van der Waals surface area contributed by atoms with Gasteiger partial charge in [-0.05, 0) is 13.0 Å². The van der Waals surface area contributed by atoms with Crippen LogP contribution in [0, 0.1) is 18.3 Å². The van der Waals surface area contributed by atoms with Gasteiger partial charge in [0, 0.05) is 25.4 Å². The number of hydrogen-bond donors (Lipinski definition) is 1. The first-order valence-corrected chi connectivity index (χ1v) is 5.21. The van der Waals surface area contributed by atoms with Crippen LogP contribution in [0.1, 0.15) is 18.2 Å². The molecule has 0 bridgehead atoms. The third-order valence-electron chi connectivity index (χ3n) is 2.48. The molecule has 6 nitrogen and oxygen atoms in total. The lowest BCUT2D eigenvalue weighted by molar-refractivity contribution is 0.0370. The standard InChI is InChI=1S/C11H15N3O3/c1-8-3-4-14(11(16)13-8)9(6-12)5-10(7-15)17-2/h3-4,9-10,15H,5,7H2,1-2H3/t9-,10?/m1/s1. The summed E-state index contributed by atoms with van der Waals surface area (Å²) in [5, 5.41) is 18.0. The fourth-order valence-corrected chi connectivity index (χ4v) is 1.46. The topological polar surface area (TPSA) is 88.1 Å². The monoisotopic (exact) mass is 237 g/mol. The molecular formula is C11H15N3O3. The van der Waals surface area contributed by atoms with Crippen molar-refractivity contribution in [1.82, 2.24) is 9.55 Å². The van der Waals surface area contributed by atoms with Crippen molar-refractivity contribution < 1.29 is 9.84 Å². The van der Waals surface area contributed by atoms with E-state index in [1.165, 1.54) is 17.9 Å². The molecule has 0 aliphatic heterocycles. The lowest BCUT2D eigenvalue weighted by atomic mass is 10.1. The molecule has 0 fully saturated rings. The Hall–Kier alpha value is -1.71. The van der Waals surface area contributed by atoms with Crippen molar-refractivity contribution in [3.63, 3.8) is 0 Å². The van der Waals surface area contributed by atoms with Crippen LogP contribution < -0.4 is 5.69 Å². The van der Waals surface area contributed by atoms with Gasteiger partial charge >= 0.3 is 5.69 Å². The summed E-state index contributed by atoms with van der Waals surface area (Å²) in [5.41, 5.74) is 0.137. The van der Waals surface area contributed by atoms with E-state index in [2.05, 4.69) is 4.98 Å². The average Bonchev–Trinajstić information content (AvgIpc) is 2.32. The molecule has 0 radical (unpaired) electrons. The minimum Gasteiger partial charge on any atom is -0.394 e. The largest absolute Gasteiger partial charge is 0.394 e. The molecule has 1 heterocycles. The van der Waals surface area contributed by atoms with Gasteiger partial charge in [-0.1, -0.05) is 0 Å². The van der Waals surface area contributed by atoms with Crippen LogP contribution in [0.5, 0.6) is 0 Å². The maximum atomic E-state index is 11.6. The highest BCUT2D eigenvalue weighted by Gasteiger charge is 2.18. The molecule has 1 unspecified atom stereocenters. The third kappa shape index (κ3) is 3.37. The molecule has 1 aromatic rings. The zero-order chi connectivity index (χ0) is 12.8. The summed E-state index contributed by atoms with van der Waals surface area (Å²) in [6, 6.07) is 2.98. The molecule has 0 amide bonds. The molecule has 17 heavy (non-hydrogen) atoms. The van der Waals surface area contributed by atoms with E-state index in [0.29, 0.717) is 5.69 Å². The molecule has 0 saturated carbocycles. The smallest absolute Gasteiger partial charge is 0.348 e. The zero-order valence-corrected chi connectivity index (χ0v) is 9.83. The number of aromatic nitrogens is 2. The van der Waals surface area contributed by atoms with E-state index in [1.807, 2.05) is 6.07 Å². The van der Waals surface area contributed by atoms with E-state index in [9.17, 15) is 4.79 Å². The molecule has 6 heteroatoms. The normalized spacial score (nSPS) is 14.0. The highest BCUT2D eigenvalue weighted by molar-refractivity contribution is 5.00. The van der Waals surface area contributed by atoms with E-state index < -0.39 is 17.8 Å². The molecule has 0 spiro atoms. The van der Waals surface area contributed by atoms with Crippen LogP contribution in [0.25, 0.3) is 0 Å². The van der Waals surface area contributed by atoms with E-state index in [-0.39, 0.29) is 13.0 Å². The van der Waals surface area contributed by atoms with Gasteiger partial charge in [0.05, 0.1) is 18.8 Å². The second kappa shape index (κ2) is 6.13. The first-order valence-electron chi connectivity index (χ1n) is 5.21. The Balaban J connectivity index is 2.95. The fraction of sp³-hybridized carbons (Fsp3) is 0.545. The number of ether oxygens (including phenoxy) is 1. The summed E-state index contributed by atoms with van der Waals surface area (Å²) >= 11 is 0. The summed E-state index contributed by atoms with van der Waals surface area (Å²) < 4.78 is 6.22. The lowest BCUT2D eigenvalue weighted by Gasteiger charge is -2.17. The minimum atomic E-state index is -0.687. The van der Waals surface area contributed by atoms with Crippen LogP contribution >= 0.6 is 0 Å². The van der Waals surface area contributed by atoms with Gasteiger partial charge in [0.15, 0.2) is 0 Å². The number of hydrogen-bond acceptors (Lipinski definition) is 5. The van der Waals surface area contributed by atoms with Crippen molar-refractivity contribution >= 4 is 0 Å². The molecule has 1 aromatic heterocycles. The number of methoxy groups -OCH3 is 1. The summed E-state index contributed by atoms with van der Waals surface area (Å²) in [6.45, 7) is 1.52. The van der Waals surface area contributed by atoms with Gasteiger partial charge in [-0.3, -0.25) is 4.57 Å². The van der Waals surface area contributed by atoms with E-state index in [0.717, 1.165) is 0 Å². The van der Waals surface area contributed by atoms with Crippen LogP contribution in [0.3, 0.4) is 0 Å². The molecule has 2 atom stereocenters. The molecular weight excluding hydrogens is 222 g/mol. The van der Waals surface area contributed by atoms with Crippen molar-refractivity contribution in [3.8, 4) is 6.07 Å². The molecule has 1 N–H and O–H groups in total. The van der Waals surface area contributed by atoms with Crippen molar-refractivity contribution in [2.24, 2.45) is 0 Å². The Labute approximate surface area is 99.1 Å². The van der Waals surface area contributed by atoms with Gasteiger partial charge in [-0.15, -0.1) is 0 Å². The molecule has 1 rings (SSSR count). The van der Waals surface area contributed by atoms with Crippen molar-refractivity contribution in [1.29, 1.82) is 5.26 Å². The first kappa shape index (κ1) is 13.4. The van der Waals surface area contributed by atoms with Crippen LogP contribution in [-0.4, -0.2) is 34.5 Å². The second-order valence-electron chi connectivity index (χ2n) is 3.68. The first-order chi connectivity index (χ1) is 8.12.